The molecule has 0 heterocycles. The predicted molar refractivity (Wildman–Crippen MR) is 60.8 cm³/mol. The number of halogens is 2. The fourth-order valence-electron chi connectivity index (χ4n) is 1.26. The minimum Gasteiger partial charge on any atom is -0.310 e. The lowest BCUT2D eigenvalue weighted by Gasteiger charge is -2.13. The number of rotatable bonds is 4. The van der Waals surface area contributed by atoms with Gasteiger partial charge in [-0.25, -0.2) is 4.39 Å². The van der Waals surface area contributed by atoms with E-state index in [1.165, 1.54) is 6.07 Å². The third-order valence-corrected chi connectivity index (χ3v) is 2.75. The van der Waals surface area contributed by atoms with E-state index in [0.29, 0.717) is 4.47 Å². The van der Waals surface area contributed by atoms with Crippen LogP contribution in [0.2, 0.25) is 0 Å². The highest BCUT2D eigenvalue weighted by atomic mass is 79.9. The van der Waals surface area contributed by atoms with Gasteiger partial charge in [-0.3, -0.25) is 0 Å². The summed E-state index contributed by atoms with van der Waals surface area (Å²) >= 11 is 3.18. The van der Waals surface area contributed by atoms with Gasteiger partial charge in [0.2, 0.25) is 0 Å². The zero-order valence-electron chi connectivity index (χ0n) is 8.48. The van der Waals surface area contributed by atoms with E-state index in [-0.39, 0.29) is 11.9 Å². The Hall–Kier alpha value is -0.410. The molecule has 3 heteroatoms. The summed E-state index contributed by atoms with van der Waals surface area (Å²) in [5.41, 5.74) is 1.10. The molecule has 0 amide bonds. The van der Waals surface area contributed by atoms with Gasteiger partial charge >= 0.3 is 0 Å². The van der Waals surface area contributed by atoms with Crippen LogP contribution in [0.5, 0.6) is 0 Å². The van der Waals surface area contributed by atoms with Gasteiger partial charge < -0.3 is 5.32 Å². The number of benzene rings is 1. The molecule has 0 bridgehead atoms. The van der Waals surface area contributed by atoms with E-state index in [4.69, 9.17) is 0 Å². The summed E-state index contributed by atoms with van der Waals surface area (Å²) in [6, 6.07) is 5.39. The lowest BCUT2D eigenvalue weighted by molar-refractivity contribution is 0.566. The van der Waals surface area contributed by atoms with Gasteiger partial charge in [-0.2, -0.15) is 0 Å². The molecule has 0 aliphatic carbocycles. The van der Waals surface area contributed by atoms with Gasteiger partial charge in [0.15, 0.2) is 0 Å². The summed E-state index contributed by atoms with van der Waals surface area (Å²) < 4.78 is 13.5. The topological polar surface area (TPSA) is 12.0 Å². The van der Waals surface area contributed by atoms with Crippen LogP contribution < -0.4 is 5.32 Å². The highest BCUT2D eigenvalue weighted by Gasteiger charge is 2.06. The van der Waals surface area contributed by atoms with E-state index in [9.17, 15) is 4.39 Å². The molecule has 0 saturated heterocycles. The molecule has 1 rings (SSSR count). The number of nitrogens with one attached hydrogen (secondary N) is 1. The van der Waals surface area contributed by atoms with Crippen LogP contribution in [0.3, 0.4) is 0 Å². The molecule has 0 aliphatic heterocycles. The molecule has 1 nitrogen and oxygen atoms in total. The molecule has 1 atom stereocenters. The molecule has 14 heavy (non-hydrogen) atoms. The van der Waals surface area contributed by atoms with Crippen LogP contribution >= 0.6 is 15.9 Å². The van der Waals surface area contributed by atoms with Crippen molar-refractivity contribution in [2.24, 2.45) is 0 Å². The molecule has 78 valence electrons. The van der Waals surface area contributed by atoms with Gasteiger partial charge in [0.25, 0.3) is 0 Å². The van der Waals surface area contributed by atoms with Gasteiger partial charge in [-0.15, -0.1) is 0 Å². The third kappa shape index (κ3) is 3.07. The molecule has 0 radical (unpaired) electrons. The van der Waals surface area contributed by atoms with Gasteiger partial charge in [-0.05, 0) is 53.5 Å². The van der Waals surface area contributed by atoms with Gasteiger partial charge in [0.1, 0.15) is 5.82 Å². The third-order valence-electron chi connectivity index (χ3n) is 2.14. The maximum Gasteiger partial charge on any atom is 0.137 e. The summed E-state index contributed by atoms with van der Waals surface area (Å²) in [6.45, 7) is 5.19. The van der Waals surface area contributed by atoms with Gasteiger partial charge in [-0.1, -0.05) is 13.0 Å². The van der Waals surface area contributed by atoms with Crippen molar-refractivity contribution in [3.8, 4) is 0 Å². The zero-order chi connectivity index (χ0) is 10.6. The average Bonchev–Trinajstić information content (AvgIpc) is 2.18. The second-order valence-corrected chi connectivity index (χ2v) is 4.20. The Balaban J connectivity index is 2.70. The first-order valence-corrected chi connectivity index (χ1v) is 5.62. The summed E-state index contributed by atoms with van der Waals surface area (Å²) in [5.74, 6) is -0.212. The minimum absolute atomic E-state index is 0.212. The number of hydrogen-bond donors (Lipinski definition) is 1. The van der Waals surface area contributed by atoms with Crippen molar-refractivity contribution in [2.45, 2.75) is 26.3 Å². The van der Waals surface area contributed by atoms with Crippen molar-refractivity contribution in [3.63, 3.8) is 0 Å². The van der Waals surface area contributed by atoms with Crippen molar-refractivity contribution in [3.05, 3.63) is 34.1 Å². The molecule has 0 saturated carbocycles. The van der Waals surface area contributed by atoms with Gasteiger partial charge in [0, 0.05) is 6.04 Å². The largest absolute Gasteiger partial charge is 0.310 e. The summed E-state index contributed by atoms with van der Waals surface area (Å²) in [5, 5.41) is 3.35. The van der Waals surface area contributed by atoms with Crippen LogP contribution in [0.4, 0.5) is 4.39 Å². The Kier molecular flexibility index (Phi) is 4.55. The molecule has 0 aromatic heterocycles. The lowest BCUT2D eigenvalue weighted by Crippen LogP contribution is -2.19. The first kappa shape index (κ1) is 11.7. The maximum atomic E-state index is 12.9. The Morgan fingerprint density at radius 3 is 2.79 bits per heavy atom. The normalized spacial score (nSPS) is 12.9. The Labute approximate surface area is 92.8 Å². The van der Waals surface area contributed by atoms with E-state index in [2.05, 4.69) is 35.1 Å². The first-order chi connectivity index (χ1) is 6.65. The predicted octanol–water partition coefficient (Wildman–Crippen LogP) is 3.65. The van der Waals surface area contributed by atoms with Gasteiger partial charge in [0.05, 0.1) is 4.47 Å². The number of hydrogen-bond acceptors (Lipinski definition) is 1. The van der Waals surface area contributed by atoms with Crippen molar-refractivity contribution >= 4 is 15.9 Å². The standard InChI is InChI=1S/C11H15BrFN/c1-3-6-14-8(2)9-4-5-11(13)10(12)7-9/h4-5,7-8,14H,3,6H2,1-2H3. The first-order valence-electron chi connectivity index (χ1n) is 4.83. The maximum absolute atomic E-state index is 12.9. The molecular weight excluding hydrogens is 245 g/mol. The Morgan fingerprint density at radius 2 is 2.21 bits per heavy atom. The van der Waals surface area contributed by atoms with E-state index in [0.717, 1.165) is 18.5 Å². The van der Waals surface area contributed by atoms with E-state index in [1.807, 2.05) is 12.1 Å². The quantitative estimate of drug-likeness (QED) is 0.871. The Morgan fingerprint density at radius 1 is 1.50 bits per heavy atom. The van der Waals surface area contributed by atoms with Crippen molar-refractivity contribution in [1.29, 1.82) is 0 Å². The van der Waals surface area contributed by atoms with Crippen LogP contribution in [0, 0.1) is 5.82 Å². The van der Waals surface area contributed by atoms with E-state index in [1.54, 1.807) is 0 Å². The summed E-state index contributed by atoms with van der Waals surface area (Å²) in [4.78, 5) is 0. The molecule has 0 spiro atoms. The van der Waals surface area contributed by atoms with E-state index < -0.39 is 0 Å². The molecule has 1 aromatic carbocycles. The monoisotopic (exact) mass is 259 g/mol. The van der Waals surface area contributed by atoms with Crippen molar-refractivity contribution in [1.82, 2.24) is 5.32 Å². The average molecular weight is 260 g/mol. The smallest absolute Gasteiger partial charge is 0.137 e. The molecular formula is C11H15BrFN. The fourth-order valence-corrected chi connectivity index (χ4v) is 1.66. The Bertz CT molecular complexity index is 301. The molecule has 1 unspecified atom stereocenters. The summed E-state index contributed by atoms with van der Waals surface area (Å²) in [7, 11) is 0. The van der Waals surface area contributed by atoms with Crippen LogP contribution in [-0.4, -0.2) is 6.54 Å². The highest BCUT2D eigenvalue weighted by Crippen LogP contribution is 2.20. The highest BCUT2D eigenvalue weighted by molar-refractivity contribution is 9.10. The zero-order valence-corrected chi connectivity index (χ0v) is 10.1. The van der Waals surface area contributed by atoms with Crippen molar-refractivity contribution < 1.29 is 4.39 Å². The van der Waals surface area contributed by atoms with Crippen LogP contribution in [0.25, 0.3) is 0 Å². The summed E-state index contributed by atoms with van der Waals surface area (Å²) in [6.07, 6.45) is 1.10. The van der Waals surface area contributed by atoms with Crippen molar-refractivity contribution in [2.75, 3.05) is 6.54 Å². The van der Waals surface area contributed by atoms with Crippen LogP contribution in [0.15, 0.2) is 22.7 Å². The second kappa shape index (κ2) is 5.47. The second-order valence-electron chi connectivity index (χ2n) is 3.35. The van der Waals surface area contributed by atoms with Crippen LogP contribution in [-0.2, 0) is 0 Å². The van der Waals surface area contributed by atoms with E-state index >= 15 is 0 Å². The van der Waals surface area contributed by atoms with Crippen LogP contribution in [0.1, 0.15) is 31.9 Å². The SMILES string of the molecule is CCCNC(C)c1ccc(F)c(Br)c1. The molecule has 1 N–H and O–H groups in total. The molecule has 1 aromatic rings. The molecule has 0 aliphatic rings. The fraction of sp³-hybridized carbons (Fsp3) is 0.455. The minimum atomic E-state index is -0.212. The lowest BCUT2D eigenvalue weighted by atomic mass is 10.1. The molecule has 0 fully saturated rings.